The van der Waals surface area contributed by atoms with Gasteiger partial charge in [-0.2, -0.15) is 0 Å². The van der Waals surface area contributed by atoms with E-state index in [0.717, 1.165) is 12.4 Å². The van der Waals surface area contributed by atoms with Crippen molar-refractivity contribution in [3.63, 3.8) is 0 Å². The van der Waals surface area contributed by atoms with Gasteiger partial charge in [0.2, 0.25) is 0 Å². The molecule has 8 rings (SSSR count). The summed E-state index contributed by atoms with van der Waals surface area (Å²) < 4.78 is 0. The molecular weight excluding hydrogens is 460 g/mol. The lowest BCUT2D eigenvalue weighted by Gasteiger charge is -2.31. The average Bonchev–Trinajstić information content (AvgIpc) is 3.29. The third-order valence-corrected chi connectivity index (χ3v) is 8.23. The topological polar surface area (TPSA) is 15.6 Å². The molecule has 0 bridgehead atoms. The zero-order valence-corrected chi connectivity index (χ0v) is 21.0. The monoisotopic (exact) mass is 486 g/mol. The Bertz CT molecular complexity index is 1850. The van der Waals surface area contributed by atoms with Crippen molar-refractivity contribution in [1.29, 1.82) is 0 Å². The zero-order valence-electron chi connectivity index (χ0n) is 21.0. The molecule has 2 heteroatoms. The highest BCUT2D eigenvalue weighted by Crippen LogP contribution is 2.49. The molecule has 0 aromatic heterocycles. The summed E-state index contributed by atoms with van der Waals surface area (Å²) in [7, 11) is 0. The van der Waals surface area contributed by atoms with E-state index in [1.165, 1.54) is 54.9 Å². The van der Waals surface area contributed by atoms with Gasteiger partial charge in [0, 0.05) is 17.7 Å². The van der Waals surface area contributed by atoms with E-state index in [9.17, 15) is 0 Å². The first-order valence-corrected chi connectivity index (χ1v) is 13.3. The molecule has 0 saturated carbocycles. The van der Waals surface area contributed by atoms with Crippen LogP contribution in [0.25, 0.3) is 32.7 Å². The van der Waals surface area contributed by atoms with Crippen LogP contribution in [0.3, 0.4) is 0 Å². The largest absolute Gasteiger partial charge is 0.342 e. The van der Waals surface area contributed by atoms with Crippen LogP contribution in [0.15, 0.2) is 138 Å². The van der Waals surface area contributed by atoms with E-state index in [2.05, 4.69) is 138 Å². The van der Waals surface area contributed by atoms with Crippen molar-refractivity contribution in [3.8, 4) is 11.1 Å². The fraction of sp³-hybridized carbons (Fsp3) is 0.0833. The summed E-state index contributed by atoms with van der Waals surface area (Å²) in [5.74, 6) is 1.09. The molecule has 0 unspecified atom stereocenters. The maximum atomic E-state index is 5.55. The number of aliphatic imine (C=N–C) groups is 1. The standard InChI is InChI=1S/C36H26N2/c1-3-13-26(14-4-1)34-35(27-15-5-2-6-16-27)38-23-28-20-19-24-11-7-9-17-29(24)32(28)33-30-18-10-8-12-25(30)21-22-31(33)36(38)37-34/h1-22,34-35H,23H2/t34-,35-/m1/s1. The molecular formula is C36H26N2. The van der Waals surface area contributed by atoms with E-state index < -0.39 is 0 Å². The highest BCUT2D eigenvalue weighted by molar-refractivity contribution is 6.17. The third-order valence-electron chi connectivity index (χ3n) is 8.23. The van der Waals surface area contributed by atoms with Crippen molar-refractivity contribution in [2.24, 2.45) is 4.99 Å². The lowest BCUT2D eigenvalue weighted by Crippen LogP contribution is -2.31. The molecule has 6 aromatic carbocycles. The van der Waals surface area contributed by atoms with E-state index in [1.807, 2.05) is 0 Å². The van der Waals surface area contributed by atoms with E-state index in [4.69, 9.17) is 4.99 Å². The molecule has 0 aliphatic carbocycles. The molecule has 38 heavy (non-hydrogen) atoms. The van der Waals surface area contributed by atoms with Gasteiger partial charge < -0.3 is 4.90 Å². The summed E-state index contributed by atoms with van der Waals surface area (Å²) >= 11 is 0. The van der Waals surface area contributed by atoms with Crippen LogP contribution in [0.5, 0.6) is 0 Å². The first kappa shape index (κ1) is 21.4. The average molecular weight is 487 g/mol. The molecule has 0 spiro atoms. The van der Waals surface area contributed by atoms with E-state index in [1.54, 1.807) is 0 Å². The maximum Gasteiger partial charge on any atom is 0.133 e. The fourth-order valence-electron chi connectivity index (χ4n) is 6.55. The van der Waals surface area contributed by atoms with Crippen molar-refractivity contribution in [2.45, 2.75) is 18.6 Å². The van der Waals surface area contributed by atoms with E-state index in [-0.39, 0.29) is 12.1 Å². The lowest BCUT2D eigenvalue weighted by atomic mass is 9.87. The number of hydrogen-bond acceptors (Lipinski definition) is 2. The molecule has 2 aliphatic heterocycles. The molecule has 2 heterocycles. The van der Waals surface area contributed by atoms with Crippen LogP contribution in [-0.4, -0.2) is 10.7 Å². The minimum absolute atomic E-state index is 0.0231. The second-order valence-corrected chi connectivity index (χ2v) is 10.3. The molecule has 180 valence electrons. The summed E-state index contributed by atoms with van der Waals surface area (Å²) in [6, 6.07) is 48.6. The molecule has 0 saturated heterocycles. The van der Waals surface area contributed by atoms with Crippen LogP contribution in [0, 0.1) is 0 Å². The van der Waals surface area contributed by atoms with Crippen LogP contribution in [0.4, 0.5) is 0 Å². The van der Waals surface area contributed by atoms with Crippen LogP contribution in [-0.2, 0) is 6.54 Å². The van der Waals surface area contributed by atoms with Gasteiger partial charge in [-0.25, -0.2) is 0 Å². The lowest BCUT2D eigenvalue weighted by molar-refractivity contribution is 0.306. The first-order valence-electron chi connectivity index (χ1n) is 13.3. The summed E-state index contributed by atoms with van der Waals surface area (Å²) in [5.41, 5.74) is 7.76. The number of amidine groups is 1. The Morgan fingerprint density at radius 2 is 1.11 bits per heavy atom. The van der Waals surface area contributed by atoms with Gasteiger partial charge in [0.15, 0.2) is 0 Å². The Morgan fingerprint density at radius 3 is 1.82 bits per heavy atom. The van der Waals surface area contributed by atoms with Gasteiger partial charge in [-0.05, 0) is 43.8 Å². The molecule has 6 aromatic rings. The fourth-order valence-corrected chi connectivity index (χ4v) is 6.55. The van der Waals surface area contributed by atoms with Crippen LogP contribution in [0.2, 0.25) is 0 Å². The predicted octanol–water partition coefficient (Wildman–Crippen LogP) is 8.72. The highest BCUT2D eigenvalue weighted by atomic mass is 15.3. The van der Waals surface area contributed by atoms with Crippen molar-refractivity contribution < 1.29 is 0 Å². The summed E-state index contributed by atoms with van der Waals surface area (Å²) in [6.07, 6.45) is 0. The predicted molar refractivity (Wildman–Crippen MR) is 157 cm³/mol. The number of nitrogens with zero attached hydrogens (tertiary/aromatic N) is 2. The second-order valence-electron chi connectivity index (χ2n) is 10.3. The molecule has 0 fully saturated rings. The molecule has 2 aliphatic rings. The maximum absolute atomic E-state index is 5.55. The summed E-state index contributed by atoms with van der Waals surface area (Å²) in [6.45, 7) is 0.810. The number of hydrogen-bond donors (Lipinski definition) is 0. The minimum atomic E-state index is 0.0231. The van der Waals surface area contributed by atoms with Crippen molar-refractivity contribution in [2.75, 3.05) is 0 Å². The number of benzene rings is 6. The van der Waals surface area contributed by atoms with Gasteiger partial charge in [-0.3, -0.25) is 4.99 Å². The van der Waals surface area contributed by atoms with Gasteiger partial charge in [0.25, 0.3) is 0 Å². The van der Waals surface area contributed by atoms with Gasteiger partial charge in [-0.1, -0.05) is 133 Å². The van der Waals surface area contributed by atoms with Crippen molar-refractivity contribution in [1.82, 2.24) is 4.90 Å². The smallest absolute Gasteiger partial charge is 0.133 e. The Kier molecular flexibility index (Phi) is 4.75. The van der Waals surface area contributed by atoms with Crippen LogP contribution in [0.1, 0.15) is 34.3 Å². The molecule has 0 radical (unpaired) electrons. The van der Waals surface area contributed by atoms with Crippen LogP contribution < -0.4 is 0 Å². The molecule has 0 amide bonds. The van der Waals surface area contributed by atoms with Gasteiger partial charge >= 0.3 is 0 Å². The molecule has 2 atom stereocenters. The van der Waals surface area contributed by atoms with Crippen molar-refractivity contribution >= 4 is 27.4 Å². The quantitative estimate of drug-likeness (QED) is 0.239. The minimum Gasteiger partial charge on any atom is -0.342 e. The second kappa shape index (κ2) is 8.43. The van der Waals surface area contributed by atoms with E-state index >= 15 is 0 Å². The van der Waals surface area contributed by atoms with Gasteiger partial charge in [0.1, 0.15) is 11.9 Å². The van der Waals surface area contributed by atoms with Gasteiger partial charge in [0.05, 0.1) is 6.04 Å². The van der Waals surface area contributed by atoms with Crippen LogP contribution >= 0.6 is 0 Å². The SMILES string of the molecule is c1ccc([C@H]2N=C3c4ccc5ccccc5c4-c4c(ccc5ccccc45)CN3[C@@H]2c2ccccc2)cc1. The third kappa shape index (κ3) is 3.17. The summed E-state index contributed by atoms with van der Waals surface area (Å²) in [5, 5.41) is 5.12. The Labute approximate surface area is 222 Å². The number of fused-ring (bicyclic) bond motifs is 9. The molecule has 2 nitrogen and oxygen atoms in total. The molecule has 0 N–H and O–H groups in total. The van der Waals surface area contributed by atoms with Crippen molar-refractivity contribution in [3.05, 3.63) is 156 Å². The highest BCUT2D eigenvalue weighted by Gasteiger charge is 2.41. The Morgan fingerprint density at radius 1 is 0.526 bits per heavy atom. The Balaban J connectivity index is 1.47. The number of rotatable bonds is 2. The van der Waals surface area contributed by atoms with Gasteiger partial charge in [-0.15, -0.1) is 0 Å². The van der Waals surface area contributed by atoms with E-state index in [0.29, 0.717) is 0 Å². The summed E-state index contributed by atoms with van der Waals surface area (Å²) in [4.78, 5) is 8.11. The Hall–Kier alpha value is -4.69. The first-order chi connectivity index (χ1) is 18.9. The normalized spacial score (nSPS) is 18.0. The zero-order chi connectivity index (χ0) is 25.1.